The first-order valence-corrected chi connectivity index (χ1v) is 6.96. The van der Waals surface area contributed by atoms with E-state index >= 15 is 0 Å². The van der Waals surface area contributed by atoms with Crippen LogP contribution in [-0.2, 0) is 21.3 Å². The molecule has 0 atom stereocenters. The lowest BCUT2D eigenvalue weighted by atomic mass is 10.1. The van der Waals surface area contributed by atoms with Crippen LogP contribution in [0.3, 0.4) is 0 Å². The number of esters is 1. The SMILES string of the molecule is CCOC(=O)Cc1ncc(OC(F)(F)F)c(CBr)c1OC. The lowest BCUT2D eigenvalue weighted by molar-refractivity contribution is -0.275. The van der Waals surface area contributed by atoms with Crippen molar-refractivity contribution in [3.05, 3.63) is 17.5 Å². The van der Waals surface area contributed by atoms with Gasteiger partial charge in [0.15, 0.2) is 5.75 Å². The van der Waals surface area contributed by atoms with Gasteiger partial charge in [-0.25, -0.2) is 0 Å². The smallest absolute Gasteiger partial charge is 0.494 e. The maximum Gasteiger partial charge on any atom is 0.573 e. The predicted octanol–water partition coefficient (Wildman–Crippen LogP) is 2.99. The maximum atomic E-state index is 12.3. The molecule has 0 N–H and O–H groups in total. The minimum absolute atomic E-state index is 0.0416. The van der Waals surface area contributed by atoms with Crippen molar-refractivity contribution >= 4 is 21.9 Å². The zero-order valence-electron chi connectivity index (χ0n) is 11.3. The van der Waals surface area contributed by atoms with Gasteiger partial charge in [-0.3, -0.25) is 9.78 Å². The van der Waals surface area contributed by atoms with Crippen LogP contribution in [0.15, 0.2) is 6.20 Å². The molecule has 1 rings (SSSR count). The Morgan fingerprint density at radius 3 is 2.57 bits per heavy atom. The number of ether oxygens (including phenoxy) is 3. The number of nitrogens with zero attached hydrogens (tertiary/aromatic N) is 1. The Balaban J connectivity index is 3.16. The van der Waals surface area contributed by atoms with Crippen LogP contribution in [0, 0.1) is 0 Å². The number of hydrogen-bond acceptors (Lipinski definition) is 5. The number of pyridine rings is 1. The molecule has 0 fully saturated rings. The third-order valence-electron chi connectivity index (χ3n) is 2.35. The molecule has 1 aromatic heterocycles. The molecule has 0 radical (unpaired) electrons. The molecule has 0 spiro atoms. The van der Waals surface area contributed by atoms with Gasteiger partial charge in [0.05, 0.1) is 37.6 Å². The van der Waals surface area contributed by atoms with E-state index in [1.54, 1.807) is 6.92 Å². The second-order valence-electron chi connectivity index (χ2n) is 3.74. The molecule has 0 aliphatic heterocycles. The molecule has 1 heterocycles. The highest BCUT2D eigenvalue weighted by Gasteiger charge is 2.33. The first-order chi connectivity index (χ1) is 9.82. The van der Waals surface area contributed by atoms with Gasteiger partial charge in [0.1, 0.15) is 5.75 Å². The summed E-state index contributed by atoms with van der Waals surface area (Å²) < 4.78 is 50.7. The van der Waals surface area contributed by atoms with Crippen LogP contribution in [0.1, 0.15) is 18.2 Å². The summed E-state index contributed by atoms with van der Waals surface area (Å²) in [6.45, 7) is 1.84. The van der Waals surface area contributed by atoms with E-state index < -0.39 is 18.1 Å². The van der Waals surface area contributed by atoms with Crippen LogP contribution >= 0.6 is 15.9 Å². The highest BCUT2D eigenvalue weighted by atomic mass is 79.9. The fourth-order valence-corrected chi connectivity index (χ4v) is 2.14. The minimum Gasteiger partial charge on any atom is -0.494 e. The number of carbonyl (C=O) groups is 1. The van der Waals surface area contributed by atoms with E-state index in [1.165, 1.54) is 7.11 Å². The zero-order valence-corrected chi connectivity index (χ0v) is 12.9. The van der Waals surface area contributed by atoms with Gasteiger partial charge >= 0.3 is 12.3 Å². The standard InChI is InChI=1S/C12H13BrF3NO4/c1-3-20-10(18)4-8-11(19-2)7(5-13)9(6-17-8)21-12(14,15)16/h6H,3-5H2,1-2H3. The molecule has 0 saturated carbocycles. The van der Waals surface area contributed by atoms with Crippen molar-refractivity contribution in [3.8, 4) is 11.5 Å². The highest BCUT2D eigenvalue weighted by Crippen LogP contribution is 2.35. The fourth-order valence-electron chi connectivity index (χ4n) is 1.61. The molecule has 9 heteroatoms. The second kappa shape index (κ2) is 7.48. The van der Waals surface area contributed by atoms with Crippen molar-refractivity contribution in [2.45, 2.75) is 25.0 Å². The van der Waals surface area contributed by atoms with E-state index in [0.717, 1.165) is 6.20 Å². The first-order valence-electron chi connectivity index (χ1n) is 5.84. The molecule has 5 nitrogen and oxygen atoms in total. The molecule has 0 aliphatic carbocycles. The van der Waals surface area contributed by atoms with Gasteiger partial charge in [-0.15, -0.1) is 13.2 Å². The number of rotatable bonds is 6. The lowest BCUT2D eigenvalue weighted by Crippen LogP contribution is -2.19. The van der Waals surface area contributed by atoms with Gasteiger partial charge in [-0.1, -0.05) is 15.9 Å². The van der Waals surface area contributed by atoms with E-state index in [2.05, 4.69) is 25.7 Å². The van der Waals surface area contributed by atoms with Crippen LogP contribution in [-0.4, -0.2) is 31.0 Å². The summed E-state index contributed by atoms with van der Waals surface area (Å²) >= 11 is 3.07. The van der Waals surface area contributed by atoms with Gasteiger partial charge < -0.3 is 14.2 Å². The number of carbonyl (C=O) groups excluding carboxylic acids is 1. The van der Waals surface area contributed by atoms with E-state index in [4.69, 9.17) is 9.47 Å². The molecular formula is C12H13BrF3NO4. The molecule has 0 aromatic carbocycles. The second-order valence-corrected chi connectivity index (χ2v) is 4.30. The van der Waals surface area contributed by atoms with E-state index in [-0.39, 0.29) is 35.4 Å². The Morgan fingerprint density at radius 2 is 2.10 bits per heavy atom. The number of alkyl halides is 4. The summed E-state index contributed by atoms with van der Waals surface area (Å²) in [4.78, 5) is 15.2. The highest BCUT2D eigenvalue weighted by molar-refractivity contribution is 9.08. The molecule has 0 aliphatic rings. The molecular weight excluding hydrogens is 359 g/mol. The number of methoxy groups -OCH3 is 1. The molecule has 118 valence electrons. The molecule has 1 aromatic rings. The van der Waals surface area contributed by atoms with Crippen molar-refractivity contribution in [2.75, 3.05) is 13.7 Å². The quantitative estimate of drug-likeness (QED) is 0.568. The van der Waals surface area contributed by atoms with Gasteiger partial charge in [-0.05, 0) is 6.92 Å². The van der Waals surface area contributed by atoms with E-state index in [1.807, 2.05) is 0 Å². The fraction of sp³-hybridized carbons (Fsp3) is 0.500. The number of aromatic nitrogens is 1. The average molecular weight is 372 g/mol. The van der Waals surface area contributed by atoms with Gasteiger partial charge in [0.2, 0.25) is 0 Å². The predicted molar refractivity (Wildman–Crippen MR) is 70.4 cm³/mol. The molecule has 0 bridgehead atoms. The van der Waals surface area contributed by atoms with Crippen molar-refractivity contribution in [2.24, 2.45) is 0 Å². The van der Waals surface area contributed by atoms with E-state index in [9.17, 15) is 18.0 Å². The van der Waals surface area contributed by atoms with Crippen molar-refractivity contribution in [3.63, 3.8) is 0 Å². The van der Waals surface area contributed by atoms with Crippen LogP contribution in [0.5, 0.6) is 11.5 Å². The topological polar surface area (TPSA) is 57.7 Å². The molecule has 0 saturated heterocycles. The number of hydrogen-bond donors (Lipinski definition) is 0. The normalized spacial score (nSPS) is 11.1. The van der Waals surface area contributed by atoms with Crippen LogP contribution < -0.4 is 9.47 Å². The summed E-state index contributed by atoms with van der Waals surface area (Å²) in [6, 6.07) is 0. The van der Waals surface area contributed by atoms with Gasteiger partial charge in [0, 0.05) is 5.33 Å². The largest absolute Gasteiger partial charge is 0.573 e. The van der Waals surface area contributed by atoms with Crippen molar-refractivity contribution < 1.29 is 32.2 Å². The van der Waals surface area contributed by atoms with Gasteiger partial charge in [0.25, 0.3) is 0 Å². The molecule has 0 amide bonds. The summed E-state index contributed by atoms with van der Waals surface area (Å²) in [7, 11) is 1.27. The zero-order chi connectivity index (χ0) is 16.0. The Labute approximate surface area is 127 Å². The van der Waals surface area contributed by atoms with Gasteiger partial charge in [-0.2, -0.15) is 0 Å². The Bertz CT molecular complexity index is 508. The molecule has 21 heavy (non-hydrogen) atoms. The minimum atomic E-state index is -4.84. The molecule has 0 unspecified atom stereocenters. The van der Waals surface area contributed by atoms with Crippen molar-refractivity contribution in [1.82, 2.24) is 4.98 Å². The number of halogens is 4. The monoisotopic (exact) mass is 371 g/mol. The summed E-state index contributed by atoms with van der Waals surface area (Å²) in [5, 5.41) is 0.0416. The third-order valence-corrected chi connectivity index (χ3v) is 2.91. The maximum absolute atomic E-state index is 12.3. The van der Waals surface area contributed by atoms with Crippen LogP contribution in [0.25, 0.3) is 0 Å². The Morgan fingerprint density at radius 1 is 1.43 bits per heavy atom. The van der Waals surface area contributed by atoms with Crippen LogP contribution in [0.4, 0.5) is 13.2 Å². The lowest BCUT2D eigenvalue weighted by Gasteiger charge is -2.16. The van der Waals surface area contributed by atoms with Crippen LogP contribution in [0.2, 0.25) is 0 Å². The summed E-state index contributed by atoms with van der Waals surface area (Å²) in [6.07, 6.45) is -4.14. The average Bonchev–Trinajstić information content (AvgIpc) is 2.38. The Hall–Kier alpha value is -1.51. The Kier molecular flexibility index (Phi) is 6.25. The third kappa shape index (κ3) is 5.07. The summed E-state index contributed by atoms with van der Waals surface area (Å²) in [5.41, 5.74) is 0.295. The van der Waals surface area contributed by atoms with E-state index in [0.29, 0.717) is 0 Å². The summed E-state index contributed by atoms with van der Waals surface area (Å²) in [5.74, 6) is -0.973. The first kappa shape index (κ1) is 17.5. The van der Waals surface area contributed by atoms with Crippen molar-refractivity contribution in [1.29, 1.82) is 0 Å².